The summed E-state index contributed by atoms with van der Waals surface area (Å²) in [4.78, 5) is 42.2. The number of thiophene rings is 1. The van der Waals surface area contributed by atoms with E-state index in [0.717, 1.165) is 27.1 Å². The van der Waals surface area contributed by atoms with Crippen LogP contribution in [0.25, 0.3) is 6.08 Å². The Morgan fingerprint density at radius 3 is 2.30 bits per heavy atom. The molecule has 2 heterocycles. The molecule has 30 heavy (non-hydrogen) atoms. The summed E-state index contributed by atoms with van der Waals surface area (Å²) in [6, 6.07) is 22.6. The highest BCUT2D eigenvalue weighted by Gasteiger charge is 2.37. The van der Waals surface area contributed by atoms with Crippen LogP contribution in [0.3, 0.4) is 0 Å². The minimum Gasteiger partial charge on any atom is -0.306 e. The van der Waals surface area contributed by atoms with Gasteiger partial charge >= 0.3 is 0 Å². The molecule has 5 nitrogen and oxygen atoms in total. The van der Waals surface area contributed by atoms with Gasteiger partial charge in [0.15, 0.2) is 0 Å². The molecule has 3 aromatic rings. The minimum absolute atomic E-state index is 0.297. The summed E-state index contributed by atoms with van der Waals surface area (Å²) in [6.07, 6.45) is 1.69. The van der Waals surface area contributed by atoms with Crippen molar-refractivity contribution < 1.29 is 14.4 Å². The van der Waals surface area contributed by atoms with Crippen LogP contribution in [0.1, 0.15) is 10.4 Å². The van der Waals surface area contributed by atoms with Crippen LogP contribution in [0.5, 0.6) is 0 Å². The largest absolute Gasteiger partial charge is 0.306 e. The highest BCUT2D eigenvalue weighted by Crippen LogP contribution is 2.33. The molecular weight excluding hydrogens is 416 g/mol. The molecule has 1 saturated heterocycles. The fraction of sp³-hybridized carbons (Fsp3) is 0.0870. The Kier molecular flexibility index (Phi) is 6.11. The Labute approximate surface area is 182 Å². The molecular formula is C23H18N2O3S2. The van der Waals surface area contributed by atoms with Gasteiger partial charge < -0.3 is 4.90 Å². The summed E-state index contributed by atoms with van der Waals surface area (Å²) in [6.45, 7) is 0.0547. The van der Waals surface area contributed by atoms with Crippen molar-refractivity contribution >= 4 is 51.9 Å². The van der Waals surface area contributed by atoms with Gasteiger partial charge in [0, 0.05) is 10.6 Å². The number of thioether (sulfide) groups is 1. The molecule has 0 unspecified atom stereocenters. The number of benzene rings is 2. The molecule has 3 amide bonds. The van der Waals surface area contributed by atoms with Crippen molar-refractivity contribution in [3.05, 3.63) is 93.5 Å². The molecule has 0 N–H and O–H groups in total. The Bertz CT molecular complexity index is 1080. The number of nitrogens with zero attached hydrogens (tertiary/aromatic N) is 2. The lowest BCUT2D eigenvalue weighted by Crippen LogP contribution is -2.42. The fourth-order valence-electron chi connectivity index (χ4n) is 3.06. The van der Waals surface area contributed by atoms with Crippen molar-refractivity contribution in [2.45, 2.75) is 6.54 Å². The van der Waals surface area contributed by atoms with Crippen molar-refractivity contribution in [1.82, 2.24) is 4.90 Å². The van der Waals surface area contributed by atoms with Crippen LogP contribution < -0.4 is 4.90 Å². The number of anilines is 1. The number of rotatable bonds is 6. The summed E-state index contributed by atoms with van der Waals surface area (Å²) in [7, 11) is 0. The molecule has 1 aliphatic rings. The van der Waals surface area contributed by atoms with E-state index in [2.05, 4.69) is 0 Å². The van der Waals surface area contributed by atoms with Gasteiger partial charge in [0.2, 0.25) is 5.91 Å². The molecule has 7 heteroatoms. The molecule has 0 saturated carbocycles. The zero-order valence-electron chi connectivity index (χ0n) is 15.9. The average Bonchev–Trinajstić information content (AvgIpc) is 3.37. The lowest BCUT2D eigenvalue weighted by Gasteiger charge is -2.25. The first-order valence-electron chi connectivity index (χ1n) is 9.30. The topological polar surface area (TPSA) is 57.7 Å². The summed E-state index contributed by atoms with van der Waals surface area (Å²) in [5, 5.41) is 1.48. The van der Waals surface area contributed by atoms with Gasteiger partial charge in [-0.05, 0) is 47.0 Å². The number of hydrogen-bond donors (Lipinski definition) is 0. The second kappa shape index (κ2) is 9.11. The molecule has 0 radical (unpaired) electrons. The monoisotopic (exact) mass is 434 g/mol. The molecule has 2 aromatic carbocycles. The van der Waals surface area contributed by atoms with Gasteiger partial charge in [0.05, 0.1) is 11.4 Å². The zero-order valence-corrected chi connectivity index (χ0v) is 17.6. The average molecular weight is 435 g/mol. The van der Waals surface area contributed by atoms with E-state index in [1.165, 1.54) is 11.3 Å². The highest BCUT2D eigenvalue weighted by molar-refractivity contribution is 8.18. The zero-order chi connectivity index (χ0) is 20.9. The standard InChI is InChI=1S/C23H18N2O3S2/c26-21(16-25-22(27)20(30-23(25)28)14-19-12-7-13-29-19)24(18-10-5-2-6-11-18)15-17-8-3-1-4-9-17/h1-14H,15-16H2/b20-14-. The quantitative estimate of drug-likeness (QED) is 0.511. The number of imide groups is 1. The van der Waals surface area contributed by atoms with E-state index in [4.69, 9.17) is 0 Å². The van der Waals surface area contributed by atoms with Gasteiger partial charge in [-0.15, -0.1) is 11.3 Å². The van der Waals surface area contributed by atoms with Crippen molar-refractivity contribution in [2.24, 2.45) is 0 Å². The van der Waals surface area contributed by atoms with Crippen molar-refractivity contribution in [2.75, 3.05) is 11.4 Å². The number of carbonyl (C=O) groups is 3. The van der Waals surface area contributed by atoms with Crippen molar-refractivity contribution in [1.29, 1.82) is 0 Å². The van der Waals surface area contributed by atoms with Gasteiger partial charge in [0.1, 0.15) is 6.54 Å². The van der Waals surface area contributed by atoms with Gasteiger partial charge in [-0.2, -0.15) is 0 Å². The minimum atomic E-state index is -0.431. The molecule has 0 atom stereocenters. The number of hydrogen-bond acceptors (Lipinski definition) is 5. The first kappa shape index (κ1) is 20.1. The van der Waals surface area contributed by atoms with Gasteiger partial charge in [0.25, 0.3) is 11.1 Å². The number of para-hydroxylation sites is 1. The van der Waals surface area contributed by atoms with E-state index in [1.54, 1.807) is 11.0 Å². The number of carbonyl (C=O) groups excluding carboxylic acids is 3. The lowest BCUT2D eigenvalue weighted by atomic mass is 10.2. The predicted molar refractivity (Wildman–Crippen MR) is 121 cm³/mol. The summed E-state index contributed by atoms with van der Waals surface area (Å²) in [5.41, 5.74) is 1.67. The molecule has 4 rings (SSSR count). The van der Waals surface area contributed by atoms with Crippen LogP contribution >= 0.6 is 23.1 Å². The van der Waals surface area contributed by atoms with Crippen LogP contribution in [0.4, 0.5) is 10.5 Å². The first-order valence-corrected chi connectivity index (χ1v) is 11.0. The maximum Gasteiger partial charge on any atom is 0.294 e. The van der Waals surface area contributed by atoms with E-state index >= 15 is 0 Å². The van der Waals surface area contributed by atoms with Crippen molar-refractivity contribution in [3.8, 4) is 0 Å². The third-order valence-corrected chi connectivity index (χ3v) is 6.26. The maximum atomic E-state index is 13.2. The Balaban J connectivity index is 1.55. The lowest BCUT2D eigenvalue weighted by molar-refractivity contribution is -0.128. The van der Waals surface area contributed by atoms with Crippen LogP contribution in [-0.2, 0) is 16.1 Å². The van der Waals surface area contributed by atoms with E-state index in [1.807, 2.05) is 78.2 Å². The molecule has 1 fully saturated rings. The van der Waals surface area contributed by atoms with E-state index in [0.29, 0.717) is 17.1 Å². The van der Waals surface area contributed by atoms with Gasteiger partial charge in [-0.25, -0.2) is 0 Å². The van der Waals surface area contributed by atoms with E-state index < -0.39 is 11.1 Å². The smallest absolute Gasteiger partial charge is 0.294 e. The molecule has 1 aromatic heterocycles. The van der Waals surface area contributed by atoms with Gasteiger partial charge in [-0.3, -0.25) is 19.3 Å². The predicted octanol–water partition coefficient (Wildman–Crippen LogP) is 5.02. The van der Waals surface area contributed by atoms with Gasteiger partial charge in [-0.1, -0.05) is 54.6 Å². The molecule has 0 aliphatic carbocycles. The molecule has 1 aliphatic heterocycles. The molecule has 150 valence electrons. The second-order valence-corrected chi connectivity index (χ2v) is 8.56. The molecule has 0 spiro atoms. The van der Waals surface area contributed by atoms with E-state index in [9.17, 15) is 14.4 Å². The second-order valence-electron chi connectivity index (χ2n) is 6.58. The first-order chi connectivity index (χ1) is 14.6. The summed E-state index contributed by atoms with van der Waals surface area (Å²) < 4.78 is 0. The Hall–Kier alpha value is -3.16. The Morgan fingerprint density at radius 1 is 0.933 bits per heavy atom. The van der Waals surface area contributed by atoms with Crippen LogP contribution in [0, 0.1) is 0 Å². The summed E-state index contributed by atoms with van der Waals surface area (Å²) >= 11 is 2.35. The van der Waals surface area contributed by atoms with Crippen LogP contribution in [0.15, 0.2) is 83.1 Å². The highest BCUT2D eigenvalue weighted by atomic mass is 32.2. The third-order valence-electron chi connectivity index (χ3n) is 4.54. The normalized spacial score (nSPS) is 15.1. The van der Waals surface area contributed by atoms with Crippen molar-refractivity contribution in [3.63, 3.8) is 0 Å². The summed E-state index contributed by atoms with van der Waals surface area (Å²) in [5.74, 6) is -0.746. The number of amides is 3. The van der Waals surface area contributed by atoms with Crippen LogP contribution in [0.2, 0.25) is 0 Å². The molecule has 0 bridgehead atoms. The fourth-order valence-corrected chi connectivity index (χ4v) is 4.62. The Morgan fingerprint density at radius 2 is 1.63 bits per heavy atom. The van der Waals surface area contributed by atoms with Crippen LogP contribution in [-0.4, -0.2) is 28.5 Å². The SMILES string of the molecule is O=C1S/C(=C\c2cccs2)C(=O)N1CC(=O)N(Cc1ccccc1)c1ccccc1. The third kappa shape index (κ3) is 4.53. The van der Waals surface area contributed by atoms with E-state index in [-0.39, 0.29) is 12.5 Å². The maximum absolute atomic E-state index is 13.2.